The molecule has 88 valence electrons. The second kappa shape index (κ2) is 4.09. The first kappa shape index (κ1) is 10.7. The van der Waals surface area contributed by atoms with Crippen molar-refractivity contribution in [2.45, 2.75) is 12.5 Å². The van der Waals surface area contributed by atoms with Crippen LogP contribution in [0, 0.1) is 5.92 Å². The molecule has 1 aliphatic carbocycles. The van der Waals surface area contributed by atoms with Gasteiger partial charge >= 0.3 is 0 Å². The van der Waals surface area contributed by atoms with Crippen molar-refractivity contribution in [2.75, 3.05) is 6.61 Å². The average Bonchev–Trinajstić information content (AvgIpc) is 2.94. The zero-order chi connectivity index (χ0) is 11.8. The molecule has 0 aliphatic heterocycles. The summed E-state index contributed by atoms with van der Waals surface area (Å²) in [5, 5.41) is 9.69. The number of imidazole rings is 1. The third-order valence-corrected chi connectivity index (χ3v) is 3.40. The standard InChI is InChI=1S/C11H11ClN4O/c12-10-9-11(14-5-13-10)16(6-15-9)8-3-1-2-7(8)4-17/h1,3,5-8,17H,2,4H2/t7-,8-/m0/s1. The molecule has 0 bridgehead atoms. The normalized spacial score (nSPS) is 23.6. The number of rotatable bonds is 2. The molecule has 0 radical (unpaired) electrons. The Hall–Kier alpha value is -1.46. The van der Waals surface area contributed by atoms with Crippen molar-refractivity contribution in [1.29, 1.82) is 0 Å². The molecule has 2 atom stereocenters. The van der Waals surface area contributed by atoms with Gasteiger partial charge in [-0.2, -0.15) is 0 Å². The molecule has 2 aromatic rings. The van der Waals surface area contributed by atoms with Gasteiger partial charge in [-0.3, -0.25) is 0 Å². The van der Waals surface area contributed by atoms with Crippen LogP contribution in [-0.4, -0.2) is 31.2 Å². The van der Waals surface area contributed by atoms with Crippen LogP contribution in [0.2, 0.25) is 5.15 Å². The summed E-state index contributed by atoms with van der Waals surface area (Å²) >= 11 is 5.95. The van der Waals surface area contributed by atoms with Gasteiger partial charge in [-0.1, -0.05) is 23.8 Å². The van der Waals surface area contributed by atoms with Crippen LogP contribution < -0.4 is 0 Å². The summed E-state index contributed by atoms with van der Waals surface area (Å²) in [6.07, 6.45) is 8.14. The highest BCUT2D eigenvalue weighted by Gasteiger charge is 2.25. The number of halogens is 1. The van der Waals surface area contributed by atoms with Gasteiger partial charge in [0.15, 0.2) is 10.8 Å². The first-order chi connectivity index (χ1) is 8.31. The minimum absolute atomic E-state index is 0.0935. The Morgan fingerprint density at radius 1 is 1.41 bits per heavy atom. The summed E-state index contributed by atoms with van der Waals surface area (Å²) in [6.45, 7) is 0.149. The van der Waals surface area contributed by atoms with E-state index in [2.05, 4.69) is 27.1 Å². The van der Waals surface area contributed by atoms with Crippen molar-refractivity contribution < 1.29 is 5.11 Å². The highest BCUT2D eigenvalue weighted by molar-refractivity contribution is 6.33. The maximum absolute atomic E-state index is 9.33. The Morgan fingerprint density at radius 3 is 3.12 bits per heavy atom. The molecule has 0 fully saturated rings. The number of nitrogens with zero attached hydrogens (tertiary/aromatic N) is 4. The summed E-state index contributed by atoms with van der Waals surface area (Å²) < 4.78 is 1.94. The van der Waals surface area contributed by atoms with Crippen molar-refractivity contribution in [3.05, 3.63) is 30.0 Å². The van der Waals surface area contributed by atoms with Crippen molar-refractivity contribution >= 4 is 22.8 Å². The number of hydrogen-bond donors (Lipinski definition) is 1. The zero-order valence-electron chi connectivity index (χ0n) is 8.99. The number of aliphatic hydroxyl groups is 1. The summed E-state index contributed by atoms with van der Waals surface area (Å²) in [5.74, 6) is 0.182. The summed E-state index contributed by atoms with van der Waals surface area (Å²) in [6, 6.07) is 0.0935. The van der Waals surface area contributed by atoms with E-state index in [1.165, 1.54) is 6.33 Å². The van der Waals surface area contributed by atoms with E-state index in [1.807, 2.05) is 4.57 Å². The molecule has 0 saturated carbocycles. The lowest BCUT2D eigenvalue weighted by molar-refractivity contribution is 0.205. The summed E-state index contributed by atoms with van der Waals surface area (Å²) in [4.78, 5) is 12.3. The lowest BCUT2D eigenvalue weighted by Gasteiger charge is -2.18. The van der Waals surface area contributed by atoms with Gasteiger partial charge in [0.05, 0.1) is 12.4 Å². The van der Waals surface area contributed by atoms with Crippen molar-refractivity contribution in [3.63, 3.8) is 0 Å². The quantitative estimate of drug-likeness (QED) is 0.649. The molecule has 1 aliphatic rings. The molecule has 2 heterocycles. The van der Waals surface area contributed by atoms with Crippen LogP contribution in [0.3, 0.4) is 0 Å². The molecular formula is C11H11ClN4O. The molecule has 2 aromatic heterocycles. The van der Waals surface area contributed by atoms with Gasteiger partial charge < -0.3 is 9.67 Å². The SMILES string of the molecule is OC[C@@H]1CC=C[C@@H]1n1cnc2c(Cl)ncnc21. The molecule has 0 aromatic carbocycles. The highest BCUT2D eigenvalue weighted by Crippen LogP contribution is 2.32. The molecule has 5 nitrogen and oxygen atoms in total. The van der Waals surface area contributed by atoms with Gasteiger partial charge in [-0.15, -0.1) is 0 Å². The van der Waals surface area contributed by atoms with E-state index < -0.39 is 0 Å². The lowest BCUT2D eigenvalue weighted by atomic mass is 10.0. The van der Waals surface area contributed by atoms with Crippen LogP contribution in [-0.2, 0) is 0 Å². The van der Waals surface area contributed by atoms with Gasteiger partial charge in [0.2, 0.25) is 0 Å². The van der Waals surface area contributed by atoms with Crippen LogP contribution >= 0.6 is 11.6 Å². The van der Waals surface area contributed by atoms with Crippen LogP contribution in [0.15, 0.2) is 24.8 Å². The maximum atomic E-state index is 9.33. The maximum Gasteiger partial charge on any atom is 0.165 e. The van der Waals surface area contributed by atoms with Gasteiger partial charge in [0, 0.05) is 12.5 Å². The fourth-order valence-electron chi connectivity index (χ4n) is 2.23. The van der Waals surface area contributed by atoms with Gasteiger partial charge in [-0.05, 0) is 6.42 Å². The molecule has 3 rings (SSSR count). The van der Waals surface area contributed by atoms with Gasteiger partial charge in [-0.25, -0.2) is 15.0 Å². The van der Waals surface area contributed by atoms with Crippen molar-refractivity contribution in [1.82, 2.24) is 19.5 Å². The van der Waals surface area contributed by atoms with Crippen LogP contribution in [0.5, 0.6) is 0 Å². The second-order valence-electron chi connectivity index (χ2n) is 4.09. The van der Waals surface area contributed by atoms with Crippen LogP contribution in [0.25, 0.3) is 11.2 Å². The lowest BCUT2D eigenvalue weighted by Crippen LogP contribution is -2.16. The second-order valence-corrected chi connectivity index (χ2v) is 4.44. The number of fused-ring (bicyclic) bond motifs is 1. The fraction of sp³-hybridized carbons (Fsp3) is 0.364. The monoisotopic (exact) mass is 250 g/mol. The smallest absolute Gasteiger partial charge is 0.165 e. The number of hydrogen-bond acceptors (Lipinski definition) is 4. The fourth-order valence-corrected chi connectivity index (χ4v) is 2.41. The third-order valence-electron chi connectivity index (χ3n) is 3.12. The minimum Gasteiger partial charge on any atom is -0.396 e. The van der Waals surface area contributed by atoms with E-state index >= 15 is 0 Å². The van der Waals surface area contributed by atoms with Crippen molar-refractivity contribution in [3.8, 4) is 0 Å². The average molecular weight is 251 g/mol. The van der Waals surface area contributed by atoms with Crippen LogP contribution in [0.1, 0.15) is 12.5 Å². The Kier molecular flexibility index (Phi) is 2.57. The molecule has 17 heavy (non-hydrogen) atoms. The molecule has 0 unspecified atom stereocenters. The van der Waals surface area contributed by atoms with E-state index in [1.54, 1.807) is 6.33 Å². The Morgan fingerprint density at radius 2 is 2.29 bits per heavy atom. The topological polar surface area (TPSA) is 63.8 Å². The summed E-state index contributed by atoms with van der Waals surface area (Å²) in [7, 11) is 0. The zero-order valence-corrected chi connectivity index (χ0v) is 9.75. The first-order valence-electron chi connectivity index (χ1n) is 5.42. The Bertz CT molecular complexity index is 580. The molecule has 0 saturated heterocycles. The predicted octanol–water partition coefficient (Wildman–Crippen LogP) is 1.59. The number of allylic oxidation sites excluding steroid dienone is 2. The third kappa shape index (κ3) is 1.62. The largest absolute Gasteiger partial charge is 0.396 e. The summed E-state index contributed by atoms with van der Waals surface area (Å²) in [5.41, 5.74) is 1.31. The van der Waals surface area contributed by atoms with E-state index in [9.17, 15) is 5.11 Å². The molecule has 0 spiro atoms. The van der Waals surface area contributed by atoms with Crippen molar-refractivity contribution in [2.24, 2.45) is 5.92 Å². The minimum atomic E-state index is 0.0935. The Labute approximate surface area is 103 Å². The predicted molar refractivity (Wildman–Crippen MR) is 63.7 cm³/mol. The van der Waals surface area contributed by atoms with Gasteiger partial charge in [0.25, 0.3) is 0 Å². The van der Waals surface area contributed by atoms with Gasteiger partial charge in [0.1, 0.15) is 11.8 Å². The molecule has 0 amide bonds. The molecular weight excluding hydrogens is 240 g/mol. The van der Waals surface area contributed by atoms with E-state index in [-0.39, 0.29) is 18.6 Å². The van der Waals surface area contributed by atoms with Crippen LogP contribution in [0.4, 0.5) is 0 Å². The van der Waals surface area contributed by atoms with E-state index in [0.717, 1.165) is 6.42 Å². The van der Waals surface area contributed by atoms with E-state index in [4.69, 9.17) is 11.6 Å². The molecule has 6 heteroatoms. The Balaban J connectivity index is 2.12. The highest BCUT2D eigenvalue weighted by atomic mass is 35.5. The number of aromatic nitrogens is 4. The first-order valence-corrected chi connectivity index (χ1v) is 5.79. The molecule has 1 N–H and O–H groups in total. The van der Waals surface area contributed by atoms with E-state index in [0.29, 0.717) is 16.3 Å². The number of aliphatic hydroxyl groups excluding tert-OH is 1.